The first-order valence-corrected chi connectivity index (χ1v) is 5.84. The largest absolute Gasteiger partial charge is 0.381 e. The lowest BCUT2D eigenvalue weighted by atomic mass is 9.75. The third-order valence-corrected chi connectivity index (χ3v) is 3.53. The Morgan fingerprint density at radius 2 is 2.00 bits per heavy atom. The van der Waals surface area contributed by atoms with Gasteiger partial charge in [0.05, 0.1) is 6.10 Å². The van der Waals surface area contributed by atoms with Gasteiger partial charge in [-0.3, -0.25) is 0 Å². The molecule has 0 N–H and O–H groups in total. The van der Waals surface area contributed by atoms with Crippen LogP contribution in [0.4, 0.5) is 0 Å². The minimum absolute atomic E-state index is 0.403. The van der Waals surface area contributed by atoms with E-state index in [0.717, 1.165) is 12.8 Å². The lowest BCUT2D eigenvalue weighted by Crippen LogP contribution is -2.30. The minimum atomic E-state index is 0.403. The number of ether oxygens (including phenoxy) is 1. The number of aryl methyl sites for hydroxylation is 1. The molecule has 0 amide bonds. The summed E-state index contributed by atoms with van der Waals surface area (Å²) in [6, 6.07) is 8.82. The summed E-state index contributed by atoms with van der Waals surface area (Å²) in [6.45, 7) is 4.58. The van der Waals surface area contributed by atoms with E-state index in [4.69, 9.17) is 4.74 Å². The molecule has 1 heteroatoms. The van der Waals surface area contributed by atoms with Crippen LogP contribution >= 0.6 is 0 Å². The van der Waals surface area contributed by atoms with E-state index in [1.54, 1.807) is 0 Å². The fraction of sp³-hybridized carbons (Fsp3) is 0.571. The van der Waals surface area contributed by atoms with E-state index in [2.05, 4.69) is 38.1 Å². The molecular formula is C14H20O. The van der Waals surface area contributed by atoms with Crippen LogP contribution in [0.3, 0.4) is 0 Å². The number of methoxy groups -OCH3 is 1. The van der Waals surface area contributed by atoms with Gasteiger partial charge in [-0.1, -0.05) is 38.1 Å². The van der Waals surface area contributed by atoms with Crippen molar-refractivity contribution in [2.75, 3.05) is 7.11 Å². The fourth-order valence-corrected chi connectivity index (χ4v) is 2.82. The van der Waals surface area contributed by atoms with Gasteiger partial charge in [-0.05, 0) is 29.9 Å². The van der Waals surface area contributed by atoms with Crippen molar-refractivity contribution in [2.45, 2.75) is 38.7 Å². The molecule has 1 aliphatic carbocycles. The first-order chi connectivity index (χ1) is 7.24. The Labute approximate surface area is 92.5 Å². The molecule has 0 radical (unpaired) electrons. The molecule has 1 unspecified atom stereocenters. The maximum Gasteiger partial charge on any atom is 0.0645 e. The maximum absolute atomic E-state index is 5.62. The quantitative estimate of drug-likeness (QED) is 0.717. The van der Waals surface area contributed by atoms with E-state index in [0.29, 0.717) is 17.9 Å². The Morgan fingerprint density at radius 1 is 1.27 bits per heavy atom. The molecule has 2 rings (SSSR count). The summed E-state index contributed by atoms with van der Waals surface area (Å²) < 4.78 is 5.62. The van der Waals surface area contributed by atoms with Gasteiger partial charge in [0.15, 0.2) is 0 Å². The zero-order valence-corrected chi connectivity index (χ0v) is 9.86. The molecule has 0 saturated heterocycles. The van der Waals surface area contributed by atoms with Gasteiger partial charge < -0.3 is 4.74 Å². The SMILES string of the molecule is CO[C@H]1CCc2ccccc2C1C(C)C. The van der Waals surface area contributed by atoms with Crippen LogP contribution in [0, 0.1) is 5.92 Å². The number of hydrogen-bond donors (Lipinski definition) is 0. The summed E-state index contributed by atoms with van der Waals surface area (Å²) in [5.41, 5.74) is 3.02. The molecule has 1 aliphatic rings. The Hall–Kier alpha value is -0.820. The van der Waals surface area contributed by atoms with Gasteiger partial charge in [-0.2, -0.15) is 0 Å². The summed E-state index contributed by atoms with van der Waals surface area (Å²) in [5, 5.41) is 0. The van der Waals surface area contributed by atoms with Gasteiger partial charge in [0.2, 0.25) is 0 Å². The predicted octanol–water partition coefficient (Wildman–Crippen LogP) is 3.39. The standard InChI is InChI=1S/C14H20O/c1-10(2)14-12-7-5-4-6-11(12)8-9-13(14)15-3/h4-7,10,13-14H,8-9H2,1-3H3/t13-,14?/m0/s1. The van der Waals surface area contributed by atoms with Gasteiger partial charge in [0, 0.05) is 13.0 Å². The van der Waals surface area contributed by atoms with Crippen molar-refractivity contribution in [1.29, 1.82) is 0 Å². The first kappa shape index (κ1) is 10.7. The lowest BCUT2D eigenvalue weighted by Gasteiger charge is -2.35. The summed E-state index contributed by atoms with van der Waals surface area (Å²) in [7, 11) is 1.84. The summed E-state index contributed by atoms with van der Waals surface area (Å²) >= 11 is 0. The van der Waals surface area contributed by atoms with Crippen molar-refractivity contribution in [3.05, 3.63) is 35.4 Å². The van der Waals surface area contributed by atoms with E-state index >= 15 is 0 Å². The van der Waals surface area contributed by atoms with Crippen LogP contribution in [0.15, 0.2) is 24.3 Å². The Bertz CT molecular complexity index is 330. The highest BCUT2D eigenvalue weighted by Gasteiger charge is 2.31. The summed E-state index contributed by atoms with van der Waals surface area (Å²) in [4.78, 5) is 0. The van der Waals surface area contributed by atoms with Gasteiger partial charge in [-0.25, -0.2) is 0 Å². The average Bonchev–Trinajstić information content (AvgIpc) is 2.27. The van der Waals surface area contributed by atoms with Crippen molar-refractivity contribution < 1.29 is 4.74 Å². The average molecular weight is 204 g/mol. The third-order valence-electron chi connectivity index (χ3n) is 3.53. The number of hydrogen-bond acceptors (Lipinski definition) is 1. The number of rotatable bonds is 2. The molecule has 1 nitrogen and oxygen atoms in total. The smallest absolute Gasteiger partial charge is 0.0645 e. The van der Waals surface area contributed by atoms with Crippen LogP contribution < -0.4 is 0 Å². The van der Waals surface area contributed by atoms with Gasteiger partial charge in [0.1, 0.15) is 0 Å². The second-order valence-electron chi connectivity index (χ2n) is 4.78. The van der Waals surface area contributed by atoms with E-state index < -0.39 is 0 Å². The zero-order valence-electron chi connectivity index (χ0n) is 9.86. The maximum atomic E-state index is 5.62. The van der Waals surface area contributed by atoms with Crippen LogP contribution in [0.1, 0.15) is 37.3 Å². The van der Waals surface area contributed by atoms with Crippen molar-refractivity contribution in [3.63, 3.8) is 0 Å². The molecule has 0 heterocycles. The Kier molecular flexibility index (Phi) is 3.11. The zero-order chi connectivity index (χ0) is 10.8. The molecule has 1 aromatic carbocycles. The Balaban J connectivity index is 2.38. The summed E-state index contributed by atoms with van der Waals surface area (Å²) in [5.74, 6) is 1.22. The van der Waals surface area contributed by atoms with Crippen LogP contribution in [0.2, 0.25) is 0 Å². The molecule has 0 saturated carbocycles. The van der Waals surface area contributed by atoms with Gasteiger partial charge in [-0.15, -0.1) is 0 Å². The van der Waals surface area contributed by atoms with Crippen molar-refractivity contribution in [1.82, 2.24) is 0 Å². The van der Waals surface area contributed by atoms with Crippen LogP contribution in [-0.4, -0.2) is 13.2 Å². The van der Waals surface area contributed by atoms with Crippen LogP contribution in [0.25, 0.3) is 0 Å². The molecule has 1 aromatic rings. The topological polar surface area (TPSA) is 9.23 Å². The van der Waals surface area contributed by atoms with Crippen LogP contribution in [0.5, 0.6) is 0 Å². The highest BCUT2D eigenvalue weighted by molar-refractivity contribution is 5.34. The highest BCUT2D eigenvalue weighted by Crippen LogP contribution is 2.38. The first-order valence-electron chi connectivity index (χ1n) is 5.84. The van der Waals surface area contributed by atoms with Gasteiger partial charge >= 0.3 is 0 Å². The van der Waals surface area contributed by atoms with E-state index in [1.807, 2.05) is 7.11 Å². The van der Waals surface area contributed by atoms with E-state index in [1.165, 1.54) is 11.1 Å². The van der Waals surface area contributed by atoms with E-state index in [-0.39, 0.29) is 0 Å². The fourth-order valence-electron chi connectivity index (χ4n) is 2.82. The monoisotopic (exact) mass is 204 g/mol. The molecule has 82 valence electrons. The molecule has 0 bridgehead atoms. The number of benzene rings is 1. The molecule has 0 aliphatic heterocycles. The molecule has 0 fully saturated rings. The second-order valence-corrected chi connectivity index (χ2v) is 4.78. The molecule has 0 spiro atoms. The number of fused-ring (bicyclic) bond motifs is 1. The predicted molar refractivity (Wildman–Crippen MR) is 63.1 cm³/mol. The summed E-state index contributed by atoms with van der Waals surface area (Å²) in [6.07, 6.45) is 2.73. The molecule has 0 aromatic heterocycles. The molecular weight excluding hydrogens is 184 g/mol. The third kappa shape index (κ3) is 1.93. The Morgan fingerprint density at radius 3 is 2.67 bits per heavy atom. The van der Waals surface area contributed by atoms with Gasteiger partial charge in [0.25, 0.3) is 0 Å². The molecule has 15 heavy (non-hydrogen) atoms. The minimum Gasteiger partial charge on any atom is -0.381 e. The normalized spacial score (nSPS) is 25.3. The van der Waals surface area contributed by atoms with Crippen molar-refractivity contribution >= 4 is 0 Å². The van der Waals surface area contributed by atoms with Crippen molar-refractivity contribution in [2.24, 2.45) is 5.92 Å². The molecule has 2 atom stereocenters. The highest BCUT2D eigenvalue weighted by atomic mass is 16.5. The van der Waals surface area contributed by atoms with E-state index in [9.17, 15) is 0 Å². The van der Waals surface area contributed by atoms with Crippen molar-refractivity contribution in [3.8, 4) is 0 Å². The lowest BCUT2D eigenvalue weighted by molar-refractivity contribution is 0.0521. The second kappa shape index (κ2) is 4.36. The van der Waals surface area contributed by atoms with Crippen LogP contribution in [-0.2, 0) is 11.2 Å².